The van der Waals surface area contributed by atoms with Crippen LogP contribution in [0.5, 0.6) is 0 Å². The van der Waals surface area contributed by atoms with E-state index in [1.807, 2.05) is 0 Å². The summed E-state index contributed by atoms with van der Waals surface area (Å²) in [7, 11) is 3.22. The molecular weight excluding hydrogens is 218 g/mol. The second-order valence-electron chi connectivity index (χ2n) is 2.85. The summed E-state index contributed by atoms with van der Waals surface area (Å²) in [5.74, 6) is 0.396. The third-order valence-electron chi connectivity index (χ3n) is 1.71. The highest BCUT2D eigenvalue weighted by Crippen LogP contribution is 2.07. The Bertz CT molecular complexity index is 210. The molecule has 0 spiro atoms. The Balaban J connectivity index is 3.64. The Kier molecular flexibility index (Phi) is 8.35. The molecule has 0 aromatic carbocycles. The zero-order valence-corrected chi connectivity index (χ0v) is 10.1. The first-order valence-corrected chi connectivity index (χ1v) is 5.56. The molecule has 0 unspecified atom stereocenters. The van der Waals surface area contributed by atoms with Crippen molar-refractivity contribution < 1.29 is 19.1 Å². The van der Waals surface area contributed by atoms with Crippen LogP contribution in [0.2, 0.25) is 0 Å². The number of carbonyl (C=O) groups is 2. The van der Waals surface area contributed by atoms with Gasteiger partial charge in [0.2, 0.25) is 0 Å². The maximum atomic E-state index is 11.1. The van der Waals surface area contributed by atoms with Crippen LogP contribution in [0.25, 0.3) is 0 Å². The Morgan fingerprint density at radius 3 is 2.53 bits per heavy atom. The van der Waals surface area contributed by atoms with Gasteiger partial charge in [0.1, 0.15) is 12.4 Å². The fraction of sp³-hybridized carbons (Fsp3) is 0.778. The highest BCUT2D eigenvalue weighted by atomic mass is 32.2. The van der Waals surface area contributed by atoms with Gasteiger partial charge in [0.05, 0.1) is 12.6 Å². The largest absolute Gasteiger partial charge is 0.455 e. The van der Waals surface area contributed by atoms with Gasteiger partial charge >= 0.3 is 5.30 Å². The van der Waals surface area contributed by atoms with E-state index in [0.717, 1.165) is 11.8 Å². The molecule has 5 nitrogen and oxygen atoms in total. The van der Waals surface area contributed by atoms with Crippen molar-refractivity contribution in [3.63, 3.8) is 0 Å². The number of methoxy groups -OCH3 is 1. The van der Waals surface area contributed by atoms with E-state index in [9.17, 15) is 9.59 Å². The third-order valence-corrected chi connectivity index (χ3v) is 2.57. The molecule has 88 valence electrons. The van der Waals surface area contributed by atoms with Crippen molar-refractivity contribution in [1.82, 2.24) is 5.32 Å². The van der Waals surface area contributed by atoms with Gasteiger partial charge in [-0.05, 0) is 25.7 Å². The summed E-state index contributed by atoms with van der Waals surface area (Å²) in [4.78, 5) is 22.1. The van der Waals surface area contributed by atoms with Crippen molar-refractivity contribution in [1.29, 1.82) is 0 Å². The van der Waals surface area contributed by atoms with Crippen LogP contribution >= 0.6 is 11.8 Å². The van der Waals surface area contributed by atoms with Crippen LogP contribution in [0.3, 0.4) is 0 Å². The van der Waals surface area contributed by atoms with Crippen LogP contribution in [0.15, 0.2) is 0 Å². The van der Waals surface area contributed by atoms with Crippen molar-refractivity contribution in [2.24, 2.45) is 0 Å². The van der Waals surface area contributed by atoms with E-state index in [1.54, 1.807) is 7.05 Å². The average Bonchev–Trinajstić information content (AvgIpc) is 2.18. The van der Waals surface area contributed by atoms with Gasteiger partial charge in [-0.25, -0.2) is 4.79 Å². The van der Waals surface area contributed by atoms with Crippen LogP contribution < -0.4 is 5.32 Å². The number of hydrogen-bond donors (Lipinski definition) is 1. The van der Waals surface area contributed by atoms with Gasteiger partial charge in [0, 0.05) is 12.9 Å². The molecule has 0 aliphatic rings. The fourth-order valence-corrected chi connectivity index (χ4v) is 1.68. The van der Waals surface area contributed by atoms with Gasteiger partial charge in [-0.2, -0.15) is 0 Å². The van der Waals surface area contributed by atoms with Crippen LogP contribution in [-0.4, -0.2) is 50.3 Å². The van der Waals surface area contributed by atoms with Gasteiger partial charge in [0.25, 0.3) is 0 Å². The van der Waals surface area contributed by atoms with E-state index < -0.39 is 0 Å². The molecule has 1 atom stereocenters. The molecule has 0 fully saturated rings. The summed E-state index contributed by atoms with van der Waals surface area (Å²) in [5.41, 5.74) is 0. The first-order valence-electron chi connectivity index (χ1n) is 4.58. The average molecular weight is 235 g/mol. The summed E-state index contributed by atoms with van der Waals surface area (Å²) < 4.78 is 9.54. The lowest BCUT2D eigenvalue weighted by atomic mass is 10.2. The number of hydrogen-bond acceptors (Lipinski definition) is 6. The maximum Gasteiger partial charge on any atom is 0.367 e. The second kappa shape index (κ2) is 8.70. The zero-order valence-electron chi connectivity index (χ0n) is 9.24. The first kappa shape index (κ1) is 14.4. The molecule has 0 aliphatic heterocycles. The fourth-order valence-electron chi connectivity index (χ4n) is 0.805. The number of ether oxygens (including phenoxy) is 2. The summed E-state index contributed by atoms with van der Waals surface area (Å²) in [6.07, 6.45) is 0. The molecule has 0 radical (unpaired) electrons. The van der Waals surface area contributed by atoms with Gasteiger partial charge in [0.15, 0.2) is 0 Å². The van der Waals surface area contributed by atoms with Crippen molar-refractivity contribution in [3.8, 4) is 0 Å². The number of rotatable bonds is 7. The predicted molar refractivity (Wildman–Crippen MR) is 59.2 cm³/mol. The van der Waals surface area contributed by atoms with Crippen molar-refractivity contribution in [3.05, 3.63) is 0 Å². The van der Waals surface area contributed by atoms with E-state index in [2.05, 4.69) is 5.32 Å². The summed E-state index contributed by atoms with van der Waals surface area (Å²) >= 11 is 0.988. The zero-order chi connectivity index (χ0) is 11.7. The number of nitrogens with one attached hydrogen (secondary N) is 1. The van der Waals surface area contributed by atoms with Gasteiger partial charge in [-0.3, -0.25) is 4.79 Å². The molecule has 0 amide bonds. The molecule has 0 aromatic rings. The Morgan fingerprint density at radius 2 is 2.07 bits per heavy atom. The van der Waals surface area contributed by atoms with E-state index in [0.29, 0.717) is 12.4 Å². The molecule has 0 saturated heterocycles. The third kappa shape index (κ3) is 7.35. The minimum absolute atomic E-state index is 0.00897. The standard InChI is InChI=1S/C9H17NO4S/c1-7(11)8(10-2)6-15-9(12)14-5-4-13-3/h8,10H,4-6H2,1-3H3/t8-/m0/s1. The van der Waals surface area contributed by atoms with Crippen LogP contribution in [0.1, 0.15) is 6.92 Å². The number of thioether (sulfide) groups is 1. The Labute approximate surface area is 93.9 Å². The molecule has 0 heterocycles. The molecule has 0 aliphatic carbocycles. The van der Waals surface area contributed by atoms with E-state index in [1.165, 1.54) is 14.0 Å². The monoisotopic (exact) mass is 235 g/mol. The lowest BCUT2D eigenvalue weighted by molar-refractivity contribution is -0.118. The van der Waals surface area contributed by atoms with E-state index in [4.69, 9.17) is 9.47 Å². The topological polar surface area (TPSA) is 64.6 Å². The quantitative estimate of drug-likeness (QED) is 0.517. The lowest BCUT2D eigenvalue weighted by Gasteiger charge is -2.11. The summed E-state index contributed by atoms with van der Waals surface area (Å²) in [5, 5.41) is 2.44. The summed E-state index contributed by atoms with van der Waals surface area (Å²) in [6, 6.07) is -0.301. The van der Waals surface area contributed by atoms with Crippen molar-refractivity contribution in [2.45, 2.75) is 13.0 Å². The van der Waals surface area contributed by atoms with Crippen molar-refractivity contribution in [2.75, 3.05) is 33.1 Å². The van der Waals surface area contributed by atoms with Gasteiger partial charge in [-0.1, -0.05) is 0 Å². The highest BCUT2D eigenvalue weighted by molar-refractivity contribution is 8.13. The molecule has 0 rings (SSSR count). The normalized spacial score (nSPS) is 12.2. The molecule has 15 heavy (non-hydrogen) atoms. The number of carbonyl (C=O) groups excluding carboxylic acids is 2. The SMILES string of the molecule is CN[C@@H](CSC(=O)OCCOC)C(C)=O. The van der Waals surface area contributed by atoms with Gasteiger partial charge in [-0.15, -0.1) is 0 Å². The molecule has 0 aromatic heterocycles. The second-order valence-corrected chi connectivity index (χ2v) is 3.81. The Hall–Kier alpha value is -0.590. The molecule has 6 heteroatoms. The van der Waals surface area contributed by atoms with Crippen LogP contribution in [0, 0.1) is 0 Å². The van der Waals surface area contributed by atoms with Crippen LogP contribution in [0.4, 0.5) is 4.79 Å². The minimum Gasteiger partial charge on any atom is -0.455 e. The number of ketones is 1. The predicted octanol–water partition coefficient (Wildman–Crippen LogP) is 0.680. The molecular formula is C9H17NO4S. The smallest absolute Gasteiger partial charge is 0.367 e. The lowest BCUT2D eigenvalue weighted by Crippen LogP contribution is -2.35. The summed E-state index contributed by atoms with van der Waals surface area (Å²) in [6.45, 7) is 2.11. The first-order chi connectivity index (χ1) is 7.11. The van der Waals surface area contributed by atoms with E-state index >= 15 is 0 Å². The van der Waals surface area contributed by atoms with Crippen LogP contribution in [-0.2, 0) is 14.3 Å². The molecule has 1 N–H and O–H groups in total. The molecule has 0 bridgehead atoms. The highest BCUT2D eigenvalue weighted by Gasteiger charge is 2.14. The van der Waals surface area contributed by atoms with Crippen molar-refractivity contribution >= 4 is 22.8 Å². The van der Waals surface area contributed by atoms with E-state index in [-0.39, 0.29) is 23.7 Å². The Morgan fingerprint density at radius 1 is 1.40 bits per heavy atom. The maximum absolute atomic E-state index is 11.1. The minimum atomic E-state index is -0.381. The molecule has 0 saturated carbocycles. The number of likely N-dealkylation sites (N-methyl/N-ethyl adjacent to an activating group) is 1. The van der Waals surface area contributed by atoms with Gasteiger partial charge < -0.3 is 14.8 Å². The number of Topliss-reactive ketones (excluding diaryl/α,β-unsaturated/α-hetero) is 1.